The topological polar surface area (TPSA) is 93.7 Å². The van der Waals surface area contributed by atoms with Gasteiger partial charge in [-0.1, -0.05) is 12.1 Å². The highest BCUT2D eigenvalue weighted by Crippen LogP contribution is 2.30. The van der Waals surface area contributed by atoms with Crippen LogP contribution < -0.4 is 19.5 Å². The van der Waals surface area contributed by atoms with Crippen molar-refractivity contribution in [2.75, 3.05) is 19.5 Å². The molecule has 0 bridgehead atoms. The fourth-order valence-corrected chi connectivity index (χ4v) is 4.37. The summed E-state index contributed by atoms with van der Waals surface area (Å²) in [6, 6.07) is 14.5. The van der Waals surface area contributed by atoms with Crippen LogP contribution in [-0.2, 0) is 16.6 Å². The molecule has 3 rings (SSSR count). The minimum Gasteiger partial charge on any atom is -0.493 e. The summed E-state index contributed by atoms with van der Waals surface area (Å²) in [5.74, 6) is 0.572. The van der Waals surface area contributed by atoms with Gasteiger partial charge in [-0.15, -0.1) is 11.3 Å². The van der Waals surface area contributed by atoms with E-state index in [9.17, 15) is 13.2 Å². The van der Waals surface area contributed by atoms with Crippen molar-refractivity contribution in [2.45, 2.75) is 11.4 Å². The molecule has 0 atom stereocenters. The number of methoxy groups -OCH3 is 2. The average molecular weight is 433 g/mol. The van der Waals surface area contributed by atoms with Crippen LogP contribution in [0.15, 0.2) is 64.9 Å². The van der Waals surface area contributed by atoms with Crippen molar-refractivity contribution >= 4 is 33.0 Å². The summed E-state index contributed by atoms with van der Waals surface area (Å²) in [6.45, 7) is 0.196. The van der Waals surface area contributed by atoms with E-state index in [-0.39, 0.29) is 17.0 Å². The van der Waals surface area contributed by atoms with E-state index < -0.39 is 15.9 Å². The van der Waals surface area contributed by atoms with Gasteiger partial charge < -0.3 is 14.8 Å². The standard InChI is InChI=1S/C20H20N2O5S2/c1-26-18-9-8-15(12-19(18)27-2)22-20(23)14-5-3-7-17(11-14)29(24,25)21-13-16-6-4-10-28-16/h3-12,21H,13H2,1-2H3,(H,22,23). The number of nitrogens with one attached hydrogen (secondary N) is 2. The van der Waals surface area contributed by atoms with Crippen molar-refractivity contribution < 1.29 is 22.7 Å². The lowest BCUT2D eigenvalue weighted by Gasteiger charge is -2.11. The van der Waals surface area contributed by atoms with Gasteiger partial charge in [-0.05, 0) is 41.8 Å². The van der Waals surface area contributed by atoms with E-state index in [1.807, 2.05) is 17.5 Å². The average Bonchev–Trinajstić information content (AvgIpc) is 3.26. The van der Waals surface area contributed by atoms with Gasteiger partial charge in [0.15, 0.2) is 11.5 Å². The zero-order chi connectivity index (χ0) is 20.9. The maximum atomic E-state index is 12.6. The minimum absolute atomic E-state index is 0.0222. The molecule has 9 heteroatoms. The Morgan fingerprint density at radius 3 is 2.48 bits per heavy atom. The first-order valence-electron chi connectivity index (χ1n) is 8.58. The molecule has 152 valence electrons. The first kappa shape index (κ1) is 20.8. The minimum atomic E-state index is -3.74. The quantitative estimate of drug-likeness (QED) is 0.568. The number of carbonyl (C=O) groups is 1. The van der Waals surface area contributed by atoms with Gasteiger partial charge in [-0.2, -0.15) is 0 Å². The van der Waals surface area contributed by atoms with Crippen LogP contribution >= 0.6 is 11.3 Å². The van der Waals surface area contributed by atoms with E-state index in [0.717, 1.165) is 4.88 Å². The molecule has 0 saturated carbocycles. The Bertz CT molecular complexity index is 1100. The van der Waals surface area contributed by atoms with Gasteiger partial charge in [-0.3, -0.25) is 4.79 Å². The molecule has 1 amide bonds. The number of amides is 1. The van der Waals surface area contributed by atoms with Crippen LogP contribution in [-0.4, -0.2) is 28.5 Å². The number of carbonyl (C=O) groups excluding carboxylic acids is 1. The molecule has 0 fully saturated rings. The third-order valence-corrected chi connectivity index (χ3v) is 6.34. The van der Waals surface area contributed by atoms with Crippen LogP contribution in [0.3, 0.4) is 0 Å². The molecule has 0 radical (unpaired) electrons. The Labute approximate surface area is 173 Å². The zero-order valence-electron chi connectivity index (χ0n) is 15.8. The molecular formula is C20H20N2O5S2. The van der Waals surface area contributed by atoms with Gasteiger partial charge in [0.25, 0.3) is 5.91 Å². The third-order valence-electron chi connectivity index (χ3n) is 4.06. The normalized spacial score (nSPS) is 11.1. The Kier molecular flexibility index (Phi) is 6.53. The van der Waals surface area contributed by atoms with E-state index in [1.54, 1.807) is 24.3 Å². The van der Waals surface area contributed by atoms with Gasteiger partial charge in [-0.25, -0.2) is 13.1 Å². The number of hydrogen-bond donors (Lipinski definition) is 2. The van der Waals surface area contributed by atoms with Crippen LogP contribution in [0.2, 0.25) is 0 Å². The predicted molar refractivity (Wildman–Crippen MR) is 112 cm³/mol. The molecule has 0 aliphatic carbocycles. The lowest BCUT2D eigenvalue weighted by molar-refractivity contribution is 0.102. The highest BCUT2D eigenvalue weighted by atomic mass is 32.2. The monoisotopic (exact) mass is 432 g/mol. The summed E-state index contributed by atoms with van der Waals surface area (Å²) in [6.07, 6.45) is 0. The van der Waals surface area contributed by atoms with Gasteiger partial charge in [0.05, 0.1) is 19.1 Å². The Hall–Kier alpha value is -2.88. The summed E-state index contributed by atoms with van der Waals surface area (Å²) in [5.41, 5.74) is 0.718. The largest absolute Gasteiger partial charge is 0.493 e. The third kappa shape index (κ3) is 5.14. The van der Waals surface area contributed by atoms with Crippen LogP contribution in [0.25, 0.3) is 0 Å². The number of benzene rings is 2. The summed E-state index contributed by atoms with van der Waals surface area (Å²) < 4.78 is 38.0. The molecule has 0 aliphatic rings. The van der Waals surface area contributed by atoms with Crippen LogP contribution in [0.1, 0.15) is 15.2 Å². The number of hydrogen-bond acceptors (Lipinski definition) is 6. The fraction of sp³-hybridized carbons (Fsp3) is 0.150. The van der Waals surface area contributed by atoms with E-state index in [1.165, 1.54) is 43.8 Å². The first-order valence-corrected chi connectivity index (χ1v) is 10.9. The van der Waals surface area contributed by atoms with Gasteiger partial charge in [0.2, 0.25) is 10.0 Å². The van der Waals surface area contributed by atoms with E-state index in [0.29, 0.717) is 17.2 Å². The van der Waals surface area contributed by atoms with E-state index >= 15 is 0 Å². The predicted octanol–water partition coefficient (Wildman–Crippen LogP) is 3.50. The molecule has 3 aromatic rings. The second-order valence-corrected chi connectivity index (χ2v) is 8.75. The molecule has 0 aliphatic heterocycles. The summed E-state index contributed by atoms with van der Waals surface area (Å²) in [7, 11) is -0.721. The first-order chi connectivity index (χ1) is 13.9. The second-order valence-electron chi connectivity index (χ2n) is 5.96. The van der Waals surface area contributed by atoms with Crippen molar-refractivity contribution in [3.63, 3.8) is 0 Å². The van der Waals surface area contributed by atoms with Crippen LogP contribution in [0.5, 0.6) is 11.5 Å². The number of thiophene rings is 1. The number of anilines is 1. The maximum absolute atomic E-state index is 12.6. The van der Waals surface area contributed by atoms with Gasteiger partial charge >= 0.3 is 0 Å². The molecule has 7 nitrogen and oxygen atoms in total. The van der Waals surface area contributed by atoms with Crippen molar-refractivity contribution in [3.8, 4) is 11.5 Å². The van der Waals surface area contributed by atoms with Gasteiger partial charge in [0, 0.05) is 28.7 Å². The van der Waals surface area contributed by atoms with Gasteiger partial charge in [0.1, 0.15) is 0 Å². The zero-order valence-corrected chi connectivity index (χ0v) is 17.5. The fourth-order valence-electron chi connectivity index (χ4n) is 2.58. The second kappa shape index (κ2) is 9.08. The van der Waals surface area contributed by atoms with Crippen molar-refractivity contribution in [3.05, 3.63) is 70.4 Å². The van der Waals surface area contributed by atoms with Crippen LogP contribution in [0, 0.1) is 0 Å². The molecule has 1 heterocycles. The van der Waals surface area contributed by atoms with Crippen molar-refractivity contribution in [1.29, 1.82) is 0 Å². The summed E-state index contributed by atoms with van der Waals surface area (Å²) in [5, 5.41) is 4.61. The van der Waals surface area contributed by atoms with E-state index in [4.69, 9.17) is 9.47 Å². The molecule has 2 N–H and O–H groups in total. The SMILES string of the molecule is COc1ccc(NC(=O)c2cccc(S(=O)(=O)NCc3cccs3)c2)cc1OC. The number of rotatable bonds is 8. The summed E-state index contributed by atoms with van der Waals surface area (Å²) >= 11 is 1.46. The molecule has 2 aromatic carbocycles. The van der Waals surface area contributed by atoms with Crippen LogP contribution in [0.4, 0.5) is 5.69 Å². The number of ether oxygens (including phenoxy) is 2. The Morgan fingerprint density at radius 1 is 1.00 bits per heavy atom. The molecule has 0 unspecified atom stereocenters. The summed E-state index contributed by atoms with van der Waals surface area (Å²) in [4.78, 5) is 13.5. The highest BCUT2D eigenvalue weighted by molar-refractivity contribution is 7.89. The van der Waals surface area contributed by atoms with Crippen molar-refractivity contribution in [1.82, 2.24) is 4.72 Å². The lowest BCUT2D eigenvalue weighted by atomic mass is 10.2. The maximum Gasteiger partial charge on any atom is 0.255 e. The highest BCUT2D eigenvalue weighted by Gasteiger charge is 2.17. The Balaban J connectivity index is 1.75. The molecule has 0 saturated heterocycles. The smallest absolute Gasteiger partial charge is 0.255 e. The van der Waals surface area contributed by atoms with E-state index in [2.05, 4.69) is 10.0 Å². The number of sulfonamides is 1. The Morgan fingerprint density at radius 2 is 1.79 bits per heavy atom. The molecule has 1 aromatic heterocycles. The van der Waals surface area contributed by atoms with Crippen molar-refractivity contribution in [2.24, 2.45) is 0 Å². The molecular weight excluding hydrogens is 412 g/mol. The molecule has 0 spiro atoms. The lowest BCUT2D eigenvalue weighted by Crippen LogP contribution is -2.23. The molecule has 29 heavy (non-hydrogen) atoms.